The maximum atomic E-state index is 9.88. The summed E-state index contributed by atoms with van der Waals surface area (Å²) in [6.07, 6.45) is 10.7. The maximum Gasteiger partial charge on any atom is 0.0591 e. The van der Waals surface area contributed by atoms with Gasteiger partial charge in [0.05, 0.1) is 11.2 Å². The van der Waals surface area contributed by atoms with Crippen LogP contribution in [0.1, 0.15) is 90.2 Å². The van der Waals surface area contributed by atoms with Gasteiger partial charge in [-0.25, -0.2) is 0 Å². The van der Waals surface area contributed by atoms with Gasteiger partial charge in [-0.2, -0.15) is 0 Å². The zero-order valence-corrected chi connectivity index (χ0v) is 20.8. The van der Waals surface area contributed by atoms with E-state index in [9.17, 15) is 10.2 Å². The lowest BCUT2D eigenvalue weighted by Gasteiger charge is -2.17. The van der Waals surface area contributed by atoms with Crippen LogP contribution in [0.15, 0.2) is 58.3 Å². The molecule has 2 rings (SSSR count). The molecule has 0 fully saturated rings. The lowest BCUT2D eigenvalue weighted by atomic mass is 9.99. The van der Waals surface area contributed by atoms with Gasteiger partial charge in [-0.05, 0) is 89.5 Å². The Hall–Kier alpha value is -1.29. The van der Waals surface area contributed by atoms with Crippen LogP contribution in [0, 0.1) is 0 Å². The summed E-state index contributed by atoms with van der Waals surface area (Å²) in [5, 5.41) is 19.8. The highest BCUT2D eigenvalue weighted by Crippen LogP contribution is 2.34. The van der Waals surface area contributed by atoms with Crippen molar-refractivity contribution in [2.24, 2.45) is 0 Å². The molecule has 2 aromatic rings. The molecule has 31 heavy (non-hydrogen) atoms. The van der Waals surface area contributed by atoms with Crippen molar-refractivity contribution in [3.05, 3.63) is 59.7 Å². The highest BCUT2D eigenvalue weighted by Gasteiger charge is 2.13. The number of rotatable bonds is 14. The number of benzene rings is 2. The molecule has 2 nitrogen and oxygen atoms in total. The van der Waals surface area contributed by atoms with Crippen LogP contribution in [0.3, 0.4) is 0 Å². The lowest BCUT2D eigenvalue weighted by Crippen LogP contribution is -2.17. The fourth-order valence-electron chi connectivity index (χ4n) is 3.84. The zero-order chi connectivity index (χ0) is 22.7. The Labute approximate surface area is 194 Å². The van der Waals surface area contributed by atoms with Crippen LogP contribution in [0.2, 0.25) is 0 Å². The van der Waals surface area contributed by atoms with E-state index in [2.05, 4.69) is 48.5 Å². The van der Waals surface area contributed by atoms with E-state index in [1.165, 1.54) is 20.9 Å². The quantitative estimate of drug-likeness (QED) is 0.296. The number of unbranched alkanes of at least 4 members (excludes halogenated alkanes) is 4. The molecule has 2 aromatic carbocycles. The van der Waals surface area contributed by atoms with E-state index in [4.69, 9.17) is 0 Å². The van der Waals surface area contributed by atoms with E-state index >= 15 is 0 Å². The van der Waals surface area contributed by atoms with E-state index < -0.39 is 11.2 Å². The van der Waals surface area contributed by atoms with E-state index in [0.29, 0.717) is 0 Å². The summed E-state index contributed by atoms with van der Waals surface area (Å²) < 4.78 is 0. The van der Waals surface area contributed by atoms with Gasteiger partial charge in [0.15, 0.2) is 0 Å². The number of hydrogen-bond donors (Lipinski definition) is 2. The minimum absolute atomic E-state index is 0.550. The molecule has 0 saturated heterocycles. The summed E-state index contributed by atoms with van der Waals surface area (Å²) in [7, 11) is 0. The van der Waals surface area contributed by atoms with Gasteiger partial charge in [0.2, 0.25) is 0 Å². The molecule has 2 N–H and O–H groups in total. The van der Waals surface area contributed by atoms with Crippen molar-refractivity contribution in [2.45, 2.75) is 113 Å². The maximum absolute atomic E-state index is 9.88. The van der Waals surface area contributed by atoms with E-state index in [0.717, 1.165) is 64.2 Å². The van der Waals surface area contributed by atoms with Gasteiger partial charge in [0, 0.05) is 9.79 Å². The molecule has 0 spiro atoms. The van der Waals surface area contributed by atoms with Gasteiger partial charge in [-0.15, -0.1) is 0 Å². The lowest BCUT2D eigenvalue weighted by molar-refractivity contribution is 0.0674. The summed E-state index contributed by atoms with van der Waals surface area (Å²) >= 11 is 1.90. The van der Waals surface area contributed by atoms with Crippen LogP contribution < -0.4 is 0 Å². The smallest absolute Gasteiger partial charge is 0.0591 e. The zero-order valence-electron chi connectivity index (χ0n) is 20.0. The van der Waals surface area contributed by atoms with Crippen LogP contribution in [-0.4, -0.2) is 21.4 Å². The monoisotopic (exact) mass is 442 g/mol. The Bertz CT molecular complexity index is 706. The first-order valence-corrected chi connectivity index (χ1v) is 12.7. The summed E-state index contributed by atoms with van der Waals surface area (Å²) in [5.74, 6) is 0. The van der Waals surface area contributed by atoms with Crippen LogP contribution >= 0.6 is 11.8 Å². The second-order valence-electron chi connectivity index (χ2n) is 10.1. The first-order chi connectivity index (χ1) is 14.6. The van der Waals surface area contributed by atoms with Crippen molar-refractivity contribution in [2.75, 3.05) is 0 Å². The molecule has 0 saturated carbocycles. The van der Waals surface area contributed by atoms with Crippen LogP contribution in [0.5, 0.6) is 0 Å². The SMILES string of the molecule is CC(C)(O)CCCCCc1ccccc1Sc1ccccc1CCCCCC(C)(C)O. The van der Waals surface area contributed by atoms with Gasteiger partial charge in [0.25, 0.3) is 0 Å². The summed E-state index contributed by atoms with van der Waals surface area (Å²) in [4.78, 5) is 2.72. The molecule has 0 radical (unpaired) electrons. The third-order valence-electron chi connectivity index (χ3n) is 5.63. The number of aliphatic hydroxyl groups is 2. The minimum Gasteiger partial charge on any atom is -0.390 e. The fraction of sp³-hybridized carbons (Fsp3) is 0.571. The van der Waals surface area contributed by atoms with Gasteiger partial charge < -0.3 is 10.2 Å². The molecule has 0 amide bonds. The molecule has 3 heteroatoms. The molecule has 0 unspecified atom stereocenters. The third kappa shape index (κ3) is 11.2. The van der Waals surface area contributed by atoms with Crippen LogP contribution in [0.4, 0.5) is 0 Å². The van der Waals surface area contributed by atoms with Crippen LogP contribution in [0.25, 0.3) is 0 Å². The first-order valence-electron chi connectivity index (χ1n) is 11.9. The van der Waals surface area contributed by atoms with Crippen molar-refractivity contribution in [1.82, 2.24) is 0 Å². The average molecular weight is 443 g/mol. The Morgan fingerprint density at radius 1 is 0.581 bits per heavy atom. The van der Waals surface area contributed by atoms with Gasteiger partial charge in [-0.1, -0.05) is 73.8 Å². The van der Waals surface area contributed by atoms with Gasteiger partial charge in [-0.3, -0.25) is 0 Å². The molecule has 0 aliphatic rings. The molecule has 0 heterocycles. The van der Waals surface area contributed by atoms with Gasteiger partial charge in [0.1, 0.15) is 0 Å². The van der Waals surface area contributed by atoms with Crippen molar-refractivity contribution in [1.29, 1.82) is 0 Å². The van der Waals surface area contributed by atoms with Crippen molar-refractivity contribution < 1.29 is 10.2 Å². The predicted octanol–water partition coefficient (Wildman–Crippen LogP) is 7.59. The van der Waals surface area contributed by atoms with E-state index in [-0.39, 0.29) is 0 Å². The molecule has 0 aromatic heterocycles. The Balaban J connectivity index is 1.90. The molecule has 0 aliphatic carbocycles. The summed E-state index contributed by atoms with van der Waals surface area (Å²) in [6, 6.07) is 17.6. The third-order valence-corrected chi connectivity index (χ3v) is 6.87. The second-order valence-corrected chi connectivity index (χ2v) is 11.1. The molecule has 0 bridgehead atoms. The number of aryl methyl sites for hydroxylation is 2. The van der Waals surface area contributed by atoms with Gasteiger partial charge >= 0.3 is 0 Å². The average Bonchev–Trinajstić information content (AvgIpc) is 2.68. The number of hydrogen-bond acceptors (Lipinski definition) is 3. The highest BCUT2D eigenvalue weighted by molar-refractivity contribution is 7.99. The normalized spacial score (nSPS) is 12.3. The summed E-state index contributed by atoms with van der Waals surface area (Å²) in [5.41, 5.74) is 1.75. The highest BCUT2D eigenvalue weighted by atomic mass is 32.2. The molecule has 172 valence electrons. The fourth-order valence-corrected chi connectivity index (χ4v) is 4.97. The van der Waals surface area contributed by atoms with Crippen molar-refractivity contribution in [3.63, 3.8) is 0 Å². The predicted molar refractivity (Wildman–Crippen MR) is 134 cm³/mol. The molecule has 0 aliphatic heterocycles. The topological polar surface area (TPSA) is 40.5 Å². The first kappa shape index (κ1) is 26.0. The molecular weight excluding hydrogens is 400 g/mol. The Kier molecular flexibility index (Phi) is 10.6. The molecule has 0 atom stereocenters. The standard InChI is InChI=1S/C28H42O2S/c1-27(2,29)21-13-5-7-15-23-17-9-11-19-25(23)31-26-20-12-10-18-24(26)16-8-6-14-22-28(3,4)30/h9-12,17-20,29-30H,5-8,13-16,21-22H2,1-4H3. The van der Waals surface area contributed by atoms with Crippen molar-refractivity contribution in [3.8, 4) is 0 Å². The van der Waals surface area contributed by atoms with E-state index in [1.54, 1.807) is 0 Å². The largest absolute Gasteiger partial charge is 0.390 e. The Morgan fingerprint density at radius 2 is 0.968 bits per heavy atom. The Morgan fingerprint density at radius 3 is 1.35 bits per heavy atom. The minimum atomic E-state index is -0.550. The molecular formula is C28H42O2S. The van der Waals surface area contributed by atoms with E-state index in [1.807, 2.05) is 39.5 Å². The second kappa shape index (κ2) is 12.7. The summed E-state index contributed by atoms with van der Waals surface area (Å²) in [6.45, 7) is 7.57. The van der Waals surface area contributed by atoms with Crippen molar-refractivity contribution >= 4 is 11.8 Å². The van der Waals surface area contributed by atoms with Crippen LogP contribution in [-0.2, 0) is 12.8 Å².